The average Bonchev–Trinajstić information content (AvgIpc) is 2.81. The number of hydrogen-bond acceptors (Lipinski definition) is 4. The fourth-order valence-electron chi connectivity index (χ4n) is 1.92. The molecule has 2 aromatic rings. The van der Waals surface area contributed by atoms with Gasteiger partial charge in [0.2, 0.25) is 0 Å². The molecular formula is C14H9BrN2O2Se. The molecule has 1 aliphatic rings. The van der Waals surface area contributed by atoms with Gasteiger partial charge in [0.05, 0.1) is 0 Å². The third-order valence-corrected chi connectivity index (χ3v) is 5.41. The zero-order valence-electron chi connectivity index (χ0n) is 10.4. The Morgan fingerprint density at radius 1 is 1.20 bits per heavy atom. The van der Waals surface area contributed by atoms with Crippen LogP contribution in [0.25, 0.3) is 0 Å². The first-order chi connectivity index (χ1) is 9.54. The molecule has 1 aromatic heterocycles. The minimum atomic E-state index is -0.207. The van der Waals surface area contributed by atoms with Crippen molar-refractivity contribution in [2.24, 2.45) is 0 Å². The summed E-state index contributed by atoms with van der Waals surface area (Å²) in [5.41, 5.74) is 1.36. The SMILES string of the molecule is Cc1nc2c([se]1)C(=O)C=C(Nc1ccc(Br)cc1)C2=O. The average molecular weight is 396 g/mol. The standard InChI is InChI=1S/C14H9BrN2O2Se/c1-7-16-12-13(19)10(6-11(18)14(12)20-7)17-9-4-2-8(15)3-5-9/h2-6,17H,1H3. The number of ketones is 2. The van der Waals surface area contributed by atoms with E-state index in [2.05, 4.69) is 26.2 Å². The van der Waals surface area contributed by atoms with Gasteiger partial charge in [0, 0.05) is 0 Å². The van der Waals surface area contributed by atoms with Crippen LogP contribution in [0.4, 0.5) is 5.69 Å². The van der Waals surface area contributed by atoms with Crippen LogP contribution < -0.4 is 5.32 Å². The van der Waals surface area contributed by atoms with Crippen molar-refractivity contribution >= 4 is 47.7 Å². The van der Waals surface area contributed by atoms with Crippen LogP contribution in [0.5, 0.6) is 0 Å². The maximum atomic E-state index is 12.3. The van der Waals surface area contributed by atoms with E-state index in [-0.39, 0.29) is 31.8 Å². The van der Waals surface area contributed by atoms with Crippen molar-refractivity contribution < 1.29 is 9.59 Å². The Bertz CT molecular complexity index is 747. The number of fused-ring (bicyclic) bond motifs is 1. The number of nitrogens with zero attached hydrogens (tertiary/aromatic N) is 1. The van der Waals surface area contributed by atoms with E-state index in [0.29, 0.717) is 10.1 Å². The van der Waals surface area contributed by atoms with Crippen molar-refractivity contribution in [3.05, 3.63) is 55.2 Å². The van der Waals surface area contributed by atoms with Crippen LogP contribution in [0.15, 0.2) is 40.5 Å². The second-order valence-electron chi connectivity index (χ2n) is 4.29. The molecule has 6 heteroatoms. The summed E-state index contributed by atoms with van der Waals surface area (Å²) in [4.78, 5) is 28.6. The molecule has 0 unspecified atom stereocenters. The van der Waals surface area contributed by atoms with Crippen LogP contribution >= 0.6 is 15.9 Å². The second kappa shape index (κ2) is 5.13. The molecule has 0 radical (unpaired) electrons. The van der Waals surface area contributed by atoms with Gasteiger partial charge in [0.1, 0.15) is 0 Å². The number of hydrogen-bond donors (Lipinski definition) is 1. The van der Waals surface area contributed by atoms with Gasteiger partial charge in [-0.2, -0.15) is 0 Å². The molecule has 100 valence electrons. The Balaban J connectivity index is 1.93. The van der Waals surface area contributed by atoms with Crippen LogP contribution in [-0.4, -0.2) is 31.1 Å². The topological polar surface area (TPSA) is 59.1 Å². The van der Waals surface area contributed by atoms with Gasteiger partial charge in [-0.3, -0.25) is 0 Å². The predicted octanol–water partition coefficient (Wildman–Crippen LogP) is 2.58. The van der Waals surface area contributed by atoms with Crippen LogP contribution in [0.3, 0.4) is 0 Å². The zero-order chi connectivity index (χ0) is 14.3. The first-order valence-corrected chi connectivity index (χ1v) is 8.36. The van der Waals surface area contributed by atoms with Crippen molar-refractivity contribution in [1.29, 1.82) is 0 Å². The van der Waals surface area contributed by atoms with E-state index < -0.39 is 0 Å². The number of carbonyl (C=O) groups excluding carboxylic acids is 2. The van der Waals surface area contributed by atoms with E-state index in [4.69, 9.17) is 0 Å². The Hall–Kier alpha value is -1.49. The number of halogens is 1. The van der Waals surface area contributed by atoms with Gasteiger partial charge in [-0.05, 0) is 0 Å². The van der Waals surface area contributed by atoms with Gasteiger partial charge in [0.25, 0.3) is 0 Å². The number of anilines is 1. The predicted molar refractivity (Wildman–Crippen MR) is 80.4 cm³/mol. The molecule has 1 N–H and O–H groups in total. The Morgan fingerprint density at radius 2 is 1.90 bits per heavy atom. The molecule has 0 bridgehead atoms. The summed E-state index contributed by atoms with van der Waals surface area (Å²) < 4.78 is 2.38. The fourth-order valence-corrected chi connectivity index (χ4v) is 3.92. The molecule has 0 fully saturated rings. The van der Waals surface area contributed by atoms with Crippen molar-refractivity contribution in [2.45, 2.75) is 6.92 Å². The molecule has 20 heavy (non-hydrogen) atoms. The van der Waals surface area contributed by atoms with Gasteiger partial charge in [-0.1, -0.05) is 0 Å². The summed E-state index contributed by atoms with van der Waals surface area (Å²) in [5.74, 6) is -0.318. The van der Waals surface area contributed by atoms with E-state index in [1.807, 2.05) is 31.2 Å². The Morgan fingerprint density at radius 3 is 2.60 bits per heavy atom. The van der Waals surface area contributed by atoms with Crippen LogP contribution in [0.1, 0.15) is 24.3 Å². The monoisotopic (exact) mass is 396 g/mol. The molecule has 0 saturated heterocycles. The van der Waals surface area contributed by atoms with E-state index >= 15 is 0 Å². The third kappa shape index (κ3) is 2.42. The molecule has 3 rings (SSSR count). The summed E-state index contributed by atoms with van der Waals surface area (Å²) in [6.45, 7) is 1.85. The molecule has 1 heterocycles. The molecule has 1 aliphatic carbocycles. The fraction of sp³-hybridized carbons (Fsp3) is 0.0714. The molecule has 0 atom stereocenters. The van der Waals surface area contributed by atoms with Crippen molar-refractivity contribution in [3.8, 4) is 0 Å². The molecule has 1 aromatic carbocycles. The molecule has 4 nitrogen and oxygen atoms in total. The summed E-state index contributed by atoms with van der Waals surface area (Å²) in [6.07, 6.45) is 1.37. The third-order valence-electron chi connectivity index (χ3n) is 2.82. The number of benzene rings is 1. The molecule has 0 saturated carbocycles. The number of allylic oxidation sites excluding steroid dienone is 2. The van der Waals surface area contributed by atoms with Crippen molar-refractivity contribution in [1.82, 2.24) is 4.98 Å². The number of carbonyl (C=O) groups is 2. The number of Topliss-reactive ketones (excluding diaryl/α,β-unsaturated/α-hetero) is 1. The Kier molecular flexibility index (Phi) is 3.46. The van der Waals surface area contributed by atoms with E-state index in [9.17, 15) is 9.59 Å². The molecular weight excluding hydrogens is 387 g/mol. The number of rotatable bonds is 2. The minimum absolute atomic E-state index is 0.109. The van der Waals surface area contributed by atoms with Gasteiger partial charge in [-0.25, -0.2) is 0 Å². The van der Waals surface area contributed by atoms with Crippen LogP contribution in [0.2, 0.25) is 0 Å². The summed E-state index contributed by atoms with van der Waals surface area (Å²) >= 11 is 3.24. The maximum absolute atomic E-state index is 12.3. The van der Waals surface area contributed by atoms with E-state index in [0.717, 1.165) is 14.7 Å². The van der Waals surface area contributed by atoms with Crippen molar-refractivity contribution in [2.75, 3.05) is 5.32 Å². The summed E-state index contributed by atoms with van der Waals surface area (Å²) in [6, 6.07) is 7.40. The van der Waals surface area contributed by atoms with Gasteiger partial charge >= 0.3 is 130 Å². The molecule has 0 aliphatic heterocycles. The first-order valence-electron chi connectivity index (χ1n) is 5.85. The van der Waals surface area contributed by atoms with Crippen LogP contribution in [-0.2, 0) is 0 Å². The number of nitrogens with one attached hydrogen (secondary N) is 1. The quantitative estimate of drug-likeness (QED) is 0.794. The first kappa shape index (κ1) is 13.5. The summed E-state index contributed by atoms with van der Waals surface area (Å²) in [7, 11) is 0. The zero-order valence-corrected chi connectivity index (χ0v) is 13.7. The second-order valence-corrected chi connectivity index (χ2v) is 7.73. The molecule has 0 amide bonds. The van der Waals surface area contributed by atoms with Gasteiger partial charge < -0.3 is 0 Å². The van der Waals surface area contributed by atoms with Gasteiger partial charge in [-0.15, -0.1) is 0 Å². The number of aryl methyl sites for hydroxylation is 1. The van der Waals surface area contributed by atoms with Gasteiger partial charge in [0.15, 0.2) is 0 Å². The number of aromatic nitrogens is 1. The van der Waals surface area contributed by atoms with E-state index in [1.54, 1.807) is 0 Å². The van der Waals surface area contributed by atoms with Crippen molar-refractivity contribution in [3.63, 3.8) is 0 Å². The van der Waals surface area contributed by atoms with Crippen LogP contribution in [0, 0.1) is 6.92 Å². The Labute approximate surface area is 129 Å². The normalized spacial score (nSPS) is 14.0. The summed E-state index contributed by atoms with van der Waals surface area (Å²) in [5, 5.41) is 2.99. The van der Waals surface area contributed by atoms with E-state index in [1.165, 1.54) is 6.08 Å². The molecule has 0 spiro atoms.